The van der Waals surface area contributed by atoms with E-state index in [9.17, 15) is 4.79 Å². The highest BCUT2D eigenvalue weighted by molar-refractivity contribution is 5.89. The molecule has 146 valence electrons. The van der Waals surface area contributed by atoms with Crippen molar-refractivity contribution in [3.05, 3.63) is 102 Å². The van der Waals surface area contributed by atoms with E-state index >= 15 is 0 Å². The second-order valence-corrected chi connectivity index (χ2v) is 6.81. The monoisotopic (exact) mass is 382 g/mol. The molecule has 2 heteroatoms. The van der Waals surface area contributed by atoms with Crippen molar-refractivity contribution in [3.8, 4) is 11.1 Å². The predicted molar refractivity (Wildman–Crippen MR) is 122 cm³/mol. The first kappa shape index (κ1) is 20.3. The number of rotatable bonds is 8. The molecule has 3 aromatic rings. The van der Waals surface area contributed by atoms with Gasteiger partial charge in [-0.1, -0.05) is 98.3 Å². The van der Waals surface area contributed by atoms with Gasteiger partial charge in [0.15, 0.2) is 0 Å². The van der Waals surface area contributed by atoms with Crippen molar-refractivity contribution in [2.24, 2.45) is 0 Å². The maximum atomic E-state index is 11.9. The second-order valence-electron chi connectivity index (χ2n) is 6.81. The van der Waals surface area contributed by atoms with E-state index in [4.69, 9.17) is 4.74 Å². The Labute approximate surface area is 173 Å². The molecule has 0 saturated heterocycles. The van der Waals surface area contributed by atoms with Gasteiger partial charge in [0.1, 0.15) is 0 Å². The molecule has 0 aliphatic carbocycles. The predicted octanol–water partition coefficient (Wildman–Crippen LogP) is 6.88. The lowest BCUT2D eigenvalue weighted by atomic mass is 9.96. The summed E-state index contributed by atoms with van der Waals surface area (Å²) in [4.78, 5) is 11.9. The Bertz CT molecular complexity index is 970. The molecule has 0 bridgehead atoms. The van der Waals surface area contributed by atoms with E-state index in [0.29, 0.717) is 6.61 Å². The number of hydrogen-bond donors (Lipinski definition) is 0. The number of benzene rings is 3. The zero-order valence-electron chi connectivity index (χ0n) is 16.8. The number of ether oxygens (including phenoxy) is 1. The molecule has 0 N–H and O–H groups in total. The standard InChI is InChI=1S/C27H26O2/c1-2-3-20-29-27(28)19-18-25-17-16-23(15-14-22-10-6-4-7-11-22)21-26(25)24-12-8-5-9-13-24/h4-19,21H,2-3,20H2,1H3/b15-14+,19-18+. The Morgan fingerprint density at radius 2 is 1.52 bits per heavy atom. The van der Waals surface area contributed by atoms with Gasteiger partial charge in [-0.15, -0.1) is 0 Å². The molecule has 0 amide bonds. The smallest absolute Gasteiger partial charge is 0.330 e. The first-order chi connectivity index (χ1) is 14.3. The fourth-order valence-corrected chi connectivity index (χ4v) is 2.97. The quantitative estimate of drug-likeness (QED) is 0.184. The third-order valence-corrected chi connectivity index (χ3v) is 4.57. The summed E-state index contributed by atoms with van der Waals surface area (Å²) < 4.78 is 5.22. The molecule has 0 aliphatic rings. The fraction of sp³-hybridized carbons (Fsp3) is 0.148. The molecule has 0 spiro atoms. The van der Waals surface area contributed by atoms with Gasteiger partial charge in [0.2, 0.25) is 0 Å². The summed E-state index contributed by atoms with van der Waals surface area (Å²) >= 11 is 0. The molecular formula is C27H26O2. The summed E-state index contributed by atoms with van der Waals surface area (Å²) in [6, 6.07) is 26.7. The normalized spacial score (nSPS) is 11.2. The molecule has 0 aliphatic heterocycles. The highest BCUT2D eigenvalue weighted by Gasteiger charge is 2.05. The summed E-state index contributed by atoms with van der Waals surface area (Å²) in [5.74, 6) is -0.300. The Kier molecular flexibility index (Phi) is 7.59. The summed E-state index contributed by atoms with van der Waals surface area (Å²) in [6.45, 7) is 2.54. The van der Waals surface area contributed by atoms with Crippen molar-refractivity contribution in [2.45, 2.75) is 19.8 Å². The van der Waals surface area contributed by atoms with Crippen LogP contribution >= 0.6 is 0 Å². The molecule has 3 rings (SSSR count). The van der Waals surface area contributed by atoms with Crippen LogP contribution in [0.4, 0.5) is 0 Å². The Morgan fingerprint density at radius 3 is 2.24 bits per heavy atom. The van der Waals surface area contributed by atoms with Crippen LogP contribution in [0.1, 0.15) is 36.5 Å². The summed E-state index contributed by atoms with van der Waals surface area (Å²) in [6.07, 6.45) is 9.45. The minimum Gasteiger partial charge on any atom is -0.463 e. The second kappa shape index (κ2) is 10.8. The number of hydrogen-bond acceptors (Lipinski definition) is 2. The minimum absolute atomic E-state index is 0.300. The van der Waals surface area contributed by atoms with Crippen LogP contribution in [0, 0.1) is 0 Å². The van der Waals surface area contributed by atoms with Gasteiger partial charge in [0, 0.05) is 6.08 Å². The third-order valence-electron chi connectivity index (χ3n) is 4.57. The van der Waals surface area contributed by atoms with Crippen molar-refractivity contribution in [1.29, 1.82) is 0 Å². The average molecular weight is 383 g/mol. The average Bonchev–Trinajstić information content (AvgIpc) is 2.78. The van der Waals surface area contributed by atoms with Crippen LogP contribution in [-0.2, 0) is 9.53 Å². The van der Waals surface area contributed by atoms with E-state index in [1.54, 1.807) is 0 Å². The number of carbonyl (C=O) groups excluding carboxylic acids is 1. The molecule has 0 unspecified atom stereocenters. The maximum absolute atomic E-state index is 11.9. The highest BCUT2D eigenvalue weighted by atomic mass is 16.5. The lowest BCUT2D eigenvalue weighted by molar-refractivity contribution is -0.137. The topological polar surface area (TPSA) is 26.3 Å². The first-order valence-electron chi connectivity index (χ1n) is 10.0. The summed E-state index contributed by atoms with van der Waals surface area (Å²) in [5.41, 5.74) is 5.45. The molecular weight excluding hydrogens is 356 g/mol. The number of esters is 1. The van der Waals surface area contributed by atoms with E-state index in [1.165, 1.54) is 6.08 Å². The zero-order chi connectivity index (χ0) is 20.3. The van der Waals surface area contributed by atoms with Crippen LogP contribution in [0.2, 0.25) is 0 Å². The lowest BCUT2D eigenvalue weighted by Crippen LogP contribution is -2.01. The van der Waals surface area contributed by atoms with Crippen LogP contribution in [0.25, 0.3) is 29.4 Å². The number of carbonyl (C=O) groups is 1. The lowest BCUT2D eigenvalue weighted by Gasteiger charge is -2.08. The van der Waals surface area contributed by atoms with E-state index in [1.807, 2.05) is 48.5 Å². The zero-order valence-corrected chi connectivity index (χ0v) is 16.8. The Balaban J connectivity index is 1.86. The molecule has 0 radical (unpaired) electrons. The first-order valence-corrected chi connectivity index (χ1v) is 10.0. The van der Waals surface area contributed by atoms with Crippen molar-refractivity contribution in [2.75, 3.05) is 6.61 Å². The van der Waals surface area contributed by atoms with Crippen LogP contribution in [0.3, 0.4) is 0 Å². The SMILES string of the molecule is CCCCOC(=O)/C=C/c1ccc(/C=C/c2ccccc2)cc1-c1ccccc1. The van der Waals surface area contributed by atoms with Crippen LogP contribution in [-0.4, -0.2) is 12.6 Å². The van der Waals surface area contributed by atoms with E-state index in [-0.39, 0.29) is 5.97 Å². The van der Waals surface area contributed by atoms with Gasteiger partial charge in [0.25, 0.3) is 0 Å². The van der Waals surface area contributed by atoms with Crippen molar-refractivity contribution in [1.82, 2.24) is 0 Å². The summed E-state index contributed by atoms with van der Waals surface area (Å²) in [7, 11) is 0. The van der Waals surface area contributed by atoms with Crippen molar-refractivity contribution < 1.29 is 9.53 Å². The molecule has 3 aromatic carbocycles. The van der Waals surface area contributed by atoms with E-state index in [0.717, 1.165) is 40.7 Å². The van der Waals surface area contributed by atoms with Gasteiger partial charge in [-0.2, -0.15) is 0 Å². The van der Waals surface area contributed by atoms with Crippen molar-refractivity contribution >= 4 is 24.2 Å². The van der Waals surface area contributed by atoms with Crippen LogP contribution in [0.5, 0.6) is 0 Å². The molecule has 2 nitrogen and oxygen atoms in total. The Morgan fingerprint density at radius 1 is 0.828 bits per heavy atom. The largest absolute Gasteiger partial charge is 0.463 e. The molecule has 29 heavy (non-hydrogen) atoms. The number of unbranched alkanes of at least 4 members (excludes halogenated alkanes) is 1. The fourth-order valence-electron chi connectivity index (χ4n) is 2.97. The maximum Gasteiger partial charge on any atom is 0.330 e. The van der Waals surface area contributed by atoms with E-state index in [2.05, 4.69) is 55.5 Å². The Hall–Kier alpha value is -3.39. The van der Waals surface area contributed by atoms with Gasteiger partial charge in [-0.25, -0.2) is 4.79 Å². The summed E-state index contributed by atoms with van der Waals surface area (Å²) in [5, 5.41) is 0. The van der Waals surface area contributed by atoms with Gasteiger partial charge in [-0.3, -0.25) is 0 Å². The minimum atomic E-state index is -0.300. The van der Waals surface area contributed by atoms with Gasteiger partial charge in [-0.05, 0) is 46.4 Å². The van der Waals surface area contributed by atoms with Gasteiger partial charge < -0.3 is 4.74 Å². The van der Waals surface area contributed by atoms with Crippen LogP contribution < -0.4 is 0 Å². The molecule has 0 heterocycles. The van der Waals surface area contributed by atoms with Gasteiger partial charge in [0.05, 0.1) is 6.61 Å². The molecule has 0 aromatic heterocycles. The van der Waals surface area contributed by atoms with Crippen LogP contribution in [0.15, 0.2) is 84.9 Å². The molecule has 0 fully saturated rings. The molecule has 0 atom stereocenters. The highest BCUT2D eigenvalue weighted by Crippen LogP contribution is 2.27. The third kappa shape index (κ3) is 6.32. The van der Waals surface area contributed by atoms with Gasteiger partial charge >= 0.3 is 5.97 Å². The molecule has 0 saturated carbocycles. The van der Waals surface area contributed by atoms with E-state index < -0.39 is 0 Å². The van der Waals surface area contributed by atoms with Crippen molar-refractivity contribution in [3.63, 3.8) is 0 Å².